The van der Waals surface area contributed by atoms with Gasteiger partial charge in [0.2, 0.25) is 5.91 Å². The van der Waals surface area contributed by atoms with Crippen molar-refractivity contribution in [3.63, 3.8) is 0 Å². The first kappa shape index (κ1) is 16.9. The molecule has 0 aliphatic rings. The summed E-state index contributed by atoms with van der Waals surface area (Å²) in [6, 6.07) is 0. The summed E-state index contributed by atoms with van der Waals surface area (Å²) in [4.78, 5) is 11.5. The average Bonchev–Trinajstić information content (AvgIpc) is 2.75. The van der Waals surface area contributed by atoms with Gasteiger partial charge in [-0.2, -0.15) is 0 Å². The Kier molecular flexibility index (Phi) is 8.41. The van der Waals surface area contributed by atoms with E-state index in [0.717, 1.165) is 36.3 Å². The molecule has 5 nitrogen and oxygen atoms in total. The van der Waals surface area contributed by atoms with Gasteiger partial charge in [0.05, 0.1) is 5.69 Å². The average molecular weight is 276 g/mol. The highest BCUT2D eigenvalue weighted by molar-refractivity contribution is 5.85. The fourth-order valence-electron chi connectivity index (χ4n) is 1.68. The Morgan fingerprint density at radius 2 is 2.11 bits per heavy atom. The number of carbonyl (C=O) groups excluding carboxylic acids is 1. The molecule has 0 fully saturated rings. The van der Waals surface area contributed by atoms with Gasteiger partial charge in [-0.3, -0.25) is 4.79 Å². The van der Waals surface area contributed by atoms with Crippen LogP contribution in [0.4, 0.5) is 0 Å². The Morgan fingerprint density at radius 1 is 1.39 bits per heavy atom. The summed E-state index contributed by atoms with van der Waals surface area (Å²) < 4.78 is 5.23. The molecule has 0 aromatic carbocycles. The SMILES string of the molecule is CCc1noc(CC)c1CNC(=O)CCCN.Cl. The van der Waals surface area contributed by atoms with Gasteiger partial charge in [-0.1, -0.05) is 19.0 Å². The maximum absolute atomic E-state index is 11.5. The number of halogens is 1. The number of hydrogen-bond acceptors (Lipinski definition) is 4. The molecule has 0 unspecified atom stereocenters. The van der Waals surface area contributed by atoms with E-state index in [-0.39, 0.29) is 18.3 Å². The van der Waals surface area contributed by atoms with Crippen LogP contribution >= 0.6 is 12.4 Å². The Balaban J connectivity index is 0.00000289. The molecule has 1 aromatic heterocycles. The smallest absolute Gasteiger partial charge is 0.220 e. The van der Waals surface area contributed by atoms with Crippen LogP contribution in [0.1, 0.15) is 43.7 Å². The molecule has 104 valence electrons. The quantitative estimate of drug-likeness (QED) is 0.792. The molecule has 3 N–H and O–H groups in total. The lowest BCUT2D eigenvalue weighted by Crippen LogP contribution is -2.24. The van der Waals surface area contributed by atoms with Gasteiger partial charge in [-0.25, -0.2) is 0 Å². The van der Waals surface area contributed by atoms with Crippen molar-refractivity contribution < 1.29 is 9.32 Å². The molecule has 0 aliphatic heterocycles. The first-order chi connectivity index (χ1) is 8.22. The molecule has 0 saturated heterocycles. The van der Waals surface area contributed by atoms with E-state index in [1.54, 1.807) is 0 Å². The molecule has 1 rings (SSSR count). The molecule has 18 heavy (non-hydrogen) atoms. The normalized spacial score (nSPS) is 9.94. The number of rotatable bonds is 7. The lowest BCUT2D eigenvalue weighted by atomic mass is 10.1. The summed E-state index contributed by atoms with van der Waals surface area (Å²) in [5.41, 5.74) is 7.31. The van der Waals surface area contributed by atoms with Crippen LogP contribution in [-0.2, 0) is 24.2 Å². The molecule has 0 aliphatic carbocycles. The Hall–Kier alpha value is -1.07. The Bertz CT molecular complexity index is 345. The minimum atomic E-state index is 0. The third-order valence-electron chi connectivity index (χ3n) is 2.68. The van der Waals surface area contributed by atoms with Crippen LogP contribution in [-0.4, -0.2) is 17.6 Å². The number of nitrogens with two attached hydrogens (primary N) is 1. The number of carbonyl (C=O) groups is 1. The van der Waals surface area contributed by atoms with Crippen molar-refractivity contribution in [3.05, 3.63) is 17.0 Å². The fourth-order valence-corrected chi connectivity index (χ4v) is 1.68. The second-order valence-corrected chi connectivity index (χ2v) is 3.91. The van der Waals surface area contributed by atoms with Crippen molar-refractivity contribution in [2.24, 2.45) is 5.73 Å². The van der Waals surface area contributed by atoms with Crippen molar-refractivity contribution in [1.29, 1.82) is 0 Å². The van der Waals surface area contributed by atoms with E-state index in [0.29, 0.717) is 19.5 Å². The molecule has 0 saturated carbocycles. The zero-order chi connectivity index (χ0) is 12.7. The molecule has 0 spiro atoms. The minimum absolute atomic E-state index is 0. The second-order valence-electron chi connectivity index (χ2n) is 3.91. The zero-order valence-corrected chi connectivity index (χ0v) is 11.8. The first-order valence-corrected chi connectivity index (χ1v) is 6.15. The molecule has 1 aromatic rings. The van der Waals surface area contributed by atoms with Crippen LogP contribution in [0.3, 0.4) is 0 Å². The predicted octanol–water partition coefficient (Wildman–Crippen LogP) is 1.58. The van der Waals surface area contributed by atoms with Crippen LogP contribution in [0.25, 0.3) is 0 Å². The van der Waals surface area contributed by atoms with Crippen LogP contribution < -0.4 is 11.1 Å². The van der Waals surface area contributed by atoms with Gasteiger partial charge in [-0.15, -0.1) is 12.4 Å². The van der Waals surface area contributed by atoms with E-state index < -0.39 is 0 Å². The maximum atomic E-state index is 11.5. The van der Waals surface area contributed by atoms with E-state index in [1.807, 2.05) is 13.8 Å². The highest BCUT2D eigenvalue weighted by Crippen LogP contribution is 2.15. The van der Waals surface area contributed by atoms with Gasteiger partial charge in [0, 0.05) is 24.9 Å². The second kappa shape index (κ2) is 8.94. The summed E-state index contributed by atoms with van der Waals surface area (Å²) >= 11 is 0. The van der Waals surface area contributed by atoms with Gasteiger partial charge >= 0.3 is 0 Å². The van der Waals surface area contributed by atoms with Crippen LogP contribution in [0.2, 0.25) is 0 Å². The number of nitrogens with one attached hydrogen (secondary N) is 1. The minimum Gasteiger partial charge on any atom is -0.361 e. The van der Waals surface area contributed by atoms with Gasteiger partial charge in [0.1, 0.15) is 5.76 Å². The topological polar surface area (TPSA) is 81.2 Å². The van der Waals surface area contributed by atoms with Gasteiger partial charge in [0.25, 0.3) is 0 Å². The van der Waals surface area contributed by atoms with Crippen LogP contribution in [0.5, 0.6) is 0 Å². The number of aromatic nitrogens is 1. The van der Waals surface area contributed by atoms with Crippen LogP contribution in [0, 0.1) is 0 Å². The molecule has 1 heterocycles. The van der Waals surface area contributed by atoms with Crippen molar-refractivity contribution in [1.82, 2.24) is 10.5 Å². The summed E-state index contributed by atoms with van der Waals surface area (Å²) in [5.74, 6) is 0.890. The molecule has 1 amide bonds. The van der Waals surface area contributed by atoms with E-state index in [4.69, 9.17) is 10.3 Å². The van der Waals surface area contributed by atoms with Crippen molar-refractivity contribution in [3.8, 4) is 0 Å². The van der Waals surface area contributed by atoms with Gasteiger partial charge in [-0.05, 0) is 19.4 Å². The van der Waals surface area contributed by atoms with E-state index in [2.05, 4.69) is 10.5 Å². The number of nitrogens with zero attached hydrogens (tertiary/aromatic N) is 1. The third-order valence-corrected chi connectivity index (χ3v) is 2.68. The Morgan fingerprint density at radius 3 is 2.67 bits per heavy atom. The summed E-state index contributed by atoms with van der Waals surface area (Å²) in [7, 11) is 0. The molecule has 6 heteroatoms. The predicted molar refractivity (Wildman–Crippen MR) is 72.6 cm³/mol. The van der Waals surface area contributed by atoms with E-state index >= 15 is 0 Å². The monoisotopic (exact) mass is 275 g/mol. The zero-order valence-electron chi connectivity index (χ0n) is 11.0. The fraction of sp³-hybridized carbons (Fsp3) is 0.667. The third kappa shape index (κ3) is 4.66. The first-order valence-electron chi connectivity index (χ1n) is 6.15. The molecular weight excluding hydrogens is 254 g/mol. The van der Waals surface area contributed by atoms with Gasteiger partial charge < -0.3 is 15.6 Å². The Labute approximate surface area is 114 Å². The summed E-state index contributed by atoms with van der Waals surface area (Å²) in [5, 5.41) is 6.87. The van der Waals surface area contributed by atoms with Crippen LogP contribution in [0.15, 0.2) is 4.52 Å². The van der Waals surface area contributed by atoms with Gasteiger partial charge in [0.15, 0.2) is 0 Å². The highest BCUT2D eigenvalue weighted by Gasteiger charge is 2.13. The van der Waals surface area contributed by atoms with Crippen molar-refractivity contribution in [2.45, 2.75) is 46.1 Å². The van der Waals surface area contributed by atoms with Crippen molar-refractivity contribution in [2.75, 3.05) is 6.54 Å². The van der Waals surface area contributed by atoms with Crippen molar-refractivity contribution >= 4 is 18.3 Å². The summed E-state index contributed by atoms with van der Waals surface area (Å²) in [6.45, 7) is 5.08. The largest absolute Gasteiger partial charge is 0.361 e. The molecule has 0 radical (unpaired) electrons. The maximum Gasteiger partial charge on any atom is 0.220 e. The standard InChI is InChI=1S/C12H21N3O2.ClH/c1-3-10-9(11(4-2)17-15-10)8-14-12(16)6-5-7-13;/h3-8,13H2,1-2H3,(H,14,16);1H. The number of amides is 1. The molecule has 0 bridgehead atoms. The number of aryl methyl sites for hydroxylation is 2. The lowest BCUT2D eigenvalue weighted by Gasteiger charge is -2.05. The lowest BCUT2D eigenvalue weighted by molar-refractivity contribution is -0.121. The van der Waals surface area contributed by atoms with E-state index in [9.17, 15) is 4.79 Å². The van der Waals surface area contributed by atoms with E-state index in [1.165, 1.54) is 0 Å². The highest BCUT2D eigenvalue weighted by atomic mass is 35.5. The number of hydrogen-bond donors (Lipinski definition) is 2. The molecule has 0 atom stereocenters. The summed E-state index contributed by atoms with van der Waals surface area (Å²) in [6.07, 6.45) is 2.81. The molecular formula is C12H22ClN3O2.